The lowest BCUT2D eigenvalue weighted by atomic mass is 10.1. The minimum Gasteiger partial charge on any atom is -0.312 e. The van der Waals surface area contributed by atoms with Crippen molar-refractivity contribution in [1.29, 1.82) is 0 Å². The van der Waals surface area contributed by atoms with Crippen LogP contribution in [0.3, 0.4) is 0 Å². The smallest absolute Gasteiger partial charge is 0.147 e. The quantitative estimate of drug-likeness (QED) is 0.891. The summed E-state index contributed by atoms with van der Waals surface area (Å²) in [5, 5.41) is 3.23. The summed E-state index contributed by atoms with van der Waals surface area (Å²) in [5.41, 5.74) is 1.48. The van der Waals surface area contributed by atoms with Crippen molar-refractivity contribution in [2.45, 2.75) is 31.7 Å². The first kappa shape index (κ1) is 13.1. The Morgan fingerprint density at radius 3 is 2.82 bits per heavy atom. The fourth-order valence-corrected chi connectivity index (χ4v) is 4.35. The van der Waals surface area contributed by atoms with Crippen molar-refractivity contribution in [2.24, 2.45) is 0 Å². The summed E-state index contributed by atoms with van der Waals surface area (Å²) in [6.45, 7) is 0. The Balaban J connectivity index is 2.07. The molecule has 1 aromatic rings. The zero-order chi connectivity index (χ0) is 12.5. The minimum absolute atomic E-state index is 0.181. The van der Waals surface area contributed by atoms with Gasteiger partial charge in [0.25, 0.3) is 0 Å². The van der Waals surface area contributed by atoms with E-state index >= 15 is 0 Å². The standard InChI is InChI=1S/C12H19NO2S2/c1-13-10(6-7-17(2,14)15)12-8-9-4-3-5-11(9)16-12/h8,10,13H,3-7H2,1-2H3. The van der Waals surface area contributed by atoms with Gasteiger partial charge in [0.05, 0.1) is 5.75 Å². The van der Waals surface area contributed by atoms with Gasteiger partial charge in [0.2, 0.25) is 0 Å². The van der Waals surface area contributed by atoms with Gasteiger partial charge < -0.3 is 5.32 Å². The lowest BCUT2D eigenvalue weighted by Crippen LogP contribution is -2.19. The molecule has 1 aliphatic rings. The summed E-state index contributed by atoms with van der Waals surface area (Å²) in [7, 11) is -0.967. The molecule has 0 aromatic carbocycles. The molecule has 0 fully saturated rings. The molecule has 96 valence electrons. The summed E-state index contributed by atoms with van der Waals surface area (Å²) in [6.07, 6.45) is 5.62. The third kappa shape index (κ3) is 3.30. The molecule has 1 heterocycles. The van der Waals surface area contributed by atoms with Crippen LogP contribution in [-0.2, 0) is 22.7 Å². The lowest BCUT2D eigenvalue weighted by molar-refractivity contribution is 0.564. The van der Waals surface area contributed by atoms with Gasteiger partial charge in [-0.05, 0) is 44.4 Å². The van der Waals surface area contributed by atoms with Crippen LogP contribution < -0.4 is 5.32 Å². The summed E-state index contributed by atoms with van der Waals surface area (Å²) >= 11 is 1.85. The Labute approximate surface area is 107 Å². The second-order valence-electron chi connectivity index (χ2n) is 4.71. The van der Waals surface area contributed by atoms with Gasteiger partial charge in [-0.2, -0.15) is 0 Å². The molecule has 3 nitrogen and oxygen atoms in total. The number of fused-ring (bicyclic) bond motifs is 1. The number of aryl methyl sites for hydroxylation is 2. The molecule has 1 unspecified atom stereocenters. The topological polar surface area (TPSA) is 46.2 Å². The maximum Gasteiger partial charge on any atom is 0.147 e. The first-order valence-corrected chi connectivity index (χ1v) is 8.84. The Morgan fingerprint density at radius 2 is 2.24 bits per heavy atom. The number of hydrogen-bond donors (Lipinski definition) is 1. The molecule has 0 saturated carbocycles. The van der Waals surface area contributed by atoms with Gasteiger partial charge in [-0.15, -0.1) is 11.3 Å². The van der Waals surface area contributed by atoms with Gasteiger partial charge in [-0.25, -0.2) is 8.42 Å². The predicted octanol–water partition coefficient (Wildman–Crippen LogP) is 1.93. The predicted molar refractivity (Wildman–Crippen MR) is 72.5 cm³/mol. The molecule has 0 aliphatic heterocycles. The molecule has 1 atom stereocenters. The van der Waals surface area contributed by atoms with Crippen molar-refractivity contribution in [2.75, 3.05) is 19.1 Å². The molecule has 5 heteroatoms. The van der Waals surface area contributed by atoms with Crippen molar-refractivity contribution >= 4 is 21.2 Å². The number of nitrogens with one attached hydrogen (secondary N) is 1. The highest BCUT2D eigenvalue weighted by Crippen LogP contribution is 2.34. The molecule has 1 aliphatic carbocycles. The Morgan fingerprint density at radius 1 is 1.47 bits per heavy atom. The van der Waals surface area contributed by atoms with Crippen molar-refractivity contribution in [1.82, 2.24) is 5.32 Å². The van der Waals surface area contributed by atoms with E-state index in [0.717, 1.165) is 0 Å². The SMILES string of the molecule is CNC(CCS(C)(=O)=O)c1cc2c(s1)CCC2. The average molecular weight is 273 g/mol. The van der Waals surface area contributed by atoms with Gasteiger partial charge in [-0.1, -0.05) is 0 Å². The van der Waals surface area contributed by atoms with E-state index in [0.29, 0.717) is 6.42 Å². The van der Waals surface area contributed by atoms with Crippen LogP contribution >= 0.6 is 11.3 Å². The lowest BCUT2D eigenvalue weighted by Gasteiger charge is -2.13. The third-order valence-corrected chi connectivity index (χ3v) is 5.56. The van der Waals surface area contributed by atoms with E-state index in [1.165, 1.54) is 40.8 Å². The van der Waals surface area contributed by atoms with Crippen molar-refractivity contribution < 1.29 is 8.42 Å². The van der Waals surface area contributed by atoms with E-state index in [1.807, 2.05) is 18.4 Å². The van der Waals surface area contributed by atoms with E-state index < -0.39 is 9.84 Å². The Kier molecular flexibility index (Phi) is 3.90. The molecule has 1 aromatic heterocycles. The highest BCUT2D eigenvalue weighted by Gasteiger charge is 2.20. The van der Waals surface area contributed by atoms with E-state index in [9.17, 15) is 8.42 Å². The van der Waals surface area contributed by atoms with Crippen molar-refractivity contribution in [3.05, 3.63) is 21.4 Å². The van der Waals surface area contributed by atoms with Gasteiger partial charge in [-0.3, -0.25) is 0 Å². The van der Waals surface area contributed by atoms with E-state index in [1.54, 1.807) is 0 Å². The second kappa shape index (κ2) is 5.08. The highest BCUT2D eigenvalue weighted by atomic mass is 32.2. The monoisotopic (exact) mass is 273 g/mol. The van der Waals surface area contributed by atoms with E-state index in [-0.39, 0.29) is 11.8 Å². The van der Waals surface area contributed by atoms with Gasteiger partial charge in [0.15, 0.2) is 0 Å². The molecule has 1 N–H and O–H groups in total. The zero-order valence-corrected chi connectivity index (χ0v) is 12.0. The fourth-order valence-electron chi connectivity index (χ4n) is 2.28. The maximum atomic E-state index is 11.2. The fraction of sp³-hybridized carbons (Fsp3) is 0.667. The summed E-state index contributed by atoms with van der Waals surface area (Å²) < 4.78 is 22.4. The normalized spacial score (nSPS) is 17.1. The highest BCUT2D eigenvalue weighted by molar-refractivity contribution is 7.90. The molecule has 0 spiro atoms. The maximum absolute atomic E-state index is 11.2. The first-order valence-electron chi connectivity index (χ1n) is 5.96. The van der Waals surface area contributed by atoms with Crippen LogP contribution in [-0.4, -0.2) is 27.5 Å². The van der Waals surface area contributed by atoms with Crippen LogP contribution in [0.4, 0.5) is 0 Å². The molecular weight excluding hydrogens is 254 g/mol. The Bertz CT molecular complexity index is 469. The number of thiophene rings is 1. The van der Waals surface area contributed by atoms with Gasteiger partial charge in [0, 0.05) is 22.1 Å². The summed E-state index contributed by atoms with van der Waals surface area (Å²) in [4.78, 5) is 2.79. The van der Waals surface area contributed by atoms with E-state index in [2.05, 4.69) is 11.4 Å². The zero-order valence-electron chi connectivity index (χ0n) is 10.3. The molecule has 0 radical (unpaired) electrons. The molecule has 17 heavy (non-hydrogen) atoms. The summed E-state index contributed by atoms with van der Waals surface area (Å²) in [5.74, 6) is 0.251. The largest absolute Gasteiger partial charge is 0.312 e. The molecular formula is C12H19NO2S2. The van der Waals surface area contributed by atoms with Crippen molar-refractivity contribution in [3.8, 4) is 0 Å². The van der Waals surface area contributed by atoms with Crippen LogP contribution in [0.2, 0.25) is 0 Å². The molecule has 0 saturated heterocycles. The van der Waals surface area contributed by atoms with Crippen molar-refractivity contribution in [3.63, 3.8) is 0 Å². The molecule has 2 rings (SSSR count). The number of hydrogen-bond acceptors (Lipinski definition) is 4. The van der Waals surface area contributed by atoms with E-state index in [4.69, 9.17) is 0 Å². The van der Waals surface area contributed by atoms with Crippen LogP contribution in [0.15, 0.2) is 6.07 Å². The van der Waals surface area contributed by atoms with Crippen LogP contribution in [0.5, 0.6) is 0 Å². The van der Waals surface area contributed by atoms with Crippen LogP contribution in [0, 0.1) is 0 Å². The first-order chi connectivity index (χ1) is 7.99. The van der Waals surface area contributed by atoms with Crippen LogP contribution in [0.25, 0.3) is 0 Å². The number of sulfone groups is 1. The molecule has 0 amide bonds. The third-order valence-electron chi connectivity index (χ3n) is 3.23. The second-order valence-corrected chi connectivity index (χ2v) is 8.14. The minimum atomic E-state index is -2.87. The van der Waals surface area contributed by atoms with Gasteiger partial charge >= 0.3 is 0 Å². The Hall–Kier alpha value is -0.390. The average Bonchev–Trinajstić information content (AvgIpc) is 2.76. The van der Waals surface area contributed by atoms with Crippen LogP contribution in [0.1, 0.15) is 34.2 Å². The summed E-state index contributed by atoms with van der Waals surface area (Å²) in [6, 6.07) is 2.44. The number of rotatable bonds is 5. The van der Waals surface area contributed by atoms with Gasteiger partial charge in [0.1, 0.15) is 9.84 Å². The molecule has 0 bridgehead atoms.